The second-order valence-electron chi connectivity index (χ2n) is 4.92. The molecule has 4 nitrogen and oxygen atoms in total. The molecule has 15 heavy (non-hydrogen) atoms. The number of methoxy groups -OCH3 is 1. The van der Waals surface area contributed by atoms with E-state index in [1.807, 2.05) is 13.8 Å². The molecule has 0 rings (SSSR count). The third kappa shape index (κ3) is 8.24. The zero-order valence-electron chi connectivity index (χ0n) is 10.4. The van der Waals surface area contributed by atoms with Crippen LogP contribution in [0.5, 0.6) is 0 Å². The Morgan fingerprint density at radius 1 is 1.40 bits per heavy atom. The van der Waals surface area contributed by atoms with Gasteiger partial charge in [0.25, 0.3) is 0 Å². The van der Waals surface area contributed by atoms with Gasteiger partial charge in [0.05, 0.1) is 13.7 Å². The minimum atomic E-state index is -0.396. The van der Waals surface area contributed by atoms with Gasteiger partial charge in [-0.15, -0.1) is 0 Å². The van der Waals surface area contributed by atoms with Crippen LogP contribution in [0.2, 0.25) is 0 Å². The zero-order chi connectivity index (χ0) is 11.9. The van der Waals surface area contributed by atoms with Crippen LogP contribution in [0.15, 0.2) is 0 Å². The molecule has 0 bridgehead atoms. The van der Waals surface area contributed by atoms with Gasteiger partial charge in [-0.3, -0.25) is 0 Å². The quantitative estimate of drug-likeness (QED) is 0.740. The molecular weight excluding hydrogens is 194 g/mol. The number of nitrogens with one attached hydrogen (secondary N) is 1. The van der Waals surface area contributed by atoms with Crippen molar-refractivity contribution in [3.05, 3.63) is 0 Å². The Bertz CT molecular complexity index is 190. The minimum Gasteiger partial charge on any atom is -0.453 e. The van der Waals surface area contributed by atoms with E-state index in [4.69, 9.17) is 4.74 Å². The molecule has 0 spiro atoms. The van der Waals surface area contributed by atoms with Gasteiger partial charge in [-0.05, 0) is 5.92 Å². The summed E-state index contributed by atoms with van der Waals surface area (Å²) in [6.07, 6.45) is -0.396. The number of ether oxygens (including phenoxy) is 2. The van der Waals surface area contributed by atoms with Crippen molar-refractivity contribution in [3.8, 4) is 0 Å². The molecule has 4 heteroatoms. The summed E-state index contributed by atoms with van der Waals surface area (Å²) in [6.45, 7) is 10.3. The van der Waals surface area contributed by atoms with Crippen molar-refractivity contribution in [2.45, 2.75) is 27.7 Å². The van der Waals surface area contributed by atoms with Crippen molar-refractivity contribution in [2.24, 2.45) is 11.3 Å². The predicted octanol–water partition coefficient (Wildman–Crippen LogP) is 2.04. The molecule has 0 atom stereocenters. The maximum Gasteiger partial charge on any atom is 0.406 e. The Hall–Kier alpha value is -0.770. The first-order valence-electron chi connectivity index (χ1n) is 5.27. The van der Waals surface area contributed by atoms with E-state index in [1.54, 1.807) is 0 Å². The van der Waals surface area contributed by atoms with Gasteiger partial charge < -0.3 is 14.8 Å². The van der Waals surface area contributed by atoms with Gasteiger partial charge in [-0.2, -0.15) is 0 Å². The molecule has 0 aliphatic heterocycles. The maximum atomic E-state index is 10.9. The van der Waals surface area contributed by atoms with Crippen LogP contribution in [0.25, 0.3) is 0 Å². The van der Waals surface area contributed by atoms with Crippen LogP contribution in [-0.4, -0.2) is 33.0 Å². The van der Waals surface area contributed by atoms with Crippen molar-refractivity contribution in [1.29, 1.82) is 0 Å². The number of hydrogen-bond donors (Lipinski definition) is 1. The summed E-state index contributed by atoms with van der Waals surface area (Å²) in [5.74, 6) is 0.536. The predicted molar refractivity (Wildman–Crippen MR) is 59.8 cm³/mol. The van der Waals surface area contributed by atoms with Crippen LogP contribution in [0.4, 0.5) is 4.79 Å². The minimum absolute atomic E-state index is 0.0664. The molecule has 0 saturated heterocycles. The zero-order valence-corrected chi connectivity index (χ0v) is 10.4. The van der Waals surface area contributed by atoms with Crippen LogP contribution in [0.1, 0.15) is 27.7 Å². The van der Waals surface area contributed by atoms with Crippen molar-refractivity contribution in [2.75, 3.05) is 26.9 Å². The fraction of sp³-hybridized carbons (Fsp3) is 0.909. The van der Waals surface area contributed by atoms with Crippen molar-refractivity contribution in [1.82, 2.24) is 5.32 Å². The van der Waals surface area contributed by atoms with Crippen LogP contribution < -0.4 is 5.32 Å². The second kappa shape index (κ2) is 6.67. The molecule has 0 aromatic carbocycles. The molecule has 0 radical (unpaired) electrons. The van der Waals surface area contributed by atoms with Crippen molar-refractivity contribution < 1.29 is 14.3 Å². The second-order valence-corrected chi connectivity index (χ2v) is 4.92. The lowest BCUT2D eigenvalue weighted by Gasteiger charge is -2.24. The summed E-state index contributed by atoms with van der Waals surface area (Å²) in [5, 5.41) is 2.67. The molecule has 0 unspecified atom stereocenters. The van der Waals surface area contributed by atoms with E-state index in [2.05, 4.69) is 23.9 Å². The van der Waals surface area contributed by atoms with E-state index in [0.29, 0.717) is 19.1 Å². The summed E-state index contributed by atoms with van der Waals surface area (Å²) in [4.78, 5) is 10.9. The molecule has 1 amide bonds. The highest BCUT2D eigenvalue weighted by Crippen LogP contribution is 2.14. The normalized spacial score (nSPS) is 11.6. The molecule has 0 heterocycles. The molecule has 1 N–H and O–H groups in total. The van der Waals surface area contributed by atoms with E-state index < -0.39 is 6.09 Å². The van der Waals surface area contributed by atoms with Crippen LogP contribution in [0.3, 0.4) is 0 Å². The lowest BCUT2D eigenvalue weighted by molar-refractivity contribution is 0.0463. The summed E-state index contributed by atoms with van der Waals surface area (Å²) in [6, 6.07) is 0. The van der Waals surface area contributed by atoms with Gasteiger partial charge in [0.2, 0.25) is 0 Å². The monoisotopic (exact) mass is 217 g/mol. The van der Waals surface area contributed by atoms with Gasteiger partial charge in [0, 0.05) is 18.6 Å². The van der Waals surface area contributed by atoms with Crippen LogP contribution >= 0.6 is 0 Å². The van der Waals surface area contributed by atoms with Crippen molar-refractivity contribution in [3.63, 3.8) is 0 Å². The van der Waals surface area contributed by atoms with Crippen molar-refractivity contribution >= 4 is 6.09 Å². The largest absolute Gasteiger partial charge is 0.453 e. The summed E-state index contributed by atoms with van der Waals surface area (Å²) in [7, 11) is 1.36. The first kappa shape index (κ1) is 14.2. The molecule has 90 valence electrons. The highest BCUT2D eigenvalue weighted by Gasteiger charge is 2.19. The summed E-state index contributed by atoms with van der Waals surface area (Å²) < 4.78 is 10.0. The van der Waals surface area contributed by atoms with Gasteiger partial charge in [0.1, 0.15) is 0 Å². The fourth-order valence-corrected chi connectivity index (χ4v) is 1.01. The molecule has 0 aliphatic carbocycles. The van der Waals surface area contributed by atoms with Gasteiger partial charge in [-0.1, -0.05) is 27.7 Å². The number of amides is 1. The van der Waals surface area contributed by atoms with E-state index in [9.17, 15) is 4.79 Å². The highest BCUT2D eigenvalue weighted by molar-refractivity contribution is 5.66. The Labute approximate surface area is 92.3 Å². The standard InChI is InChI=1S/C11H23NO3/c1-9(2)6-15-8-11(3,4)7-12-10(13)14-5/h9H,6-8H2,1-5H3,(H,12,13). The first-order valence-corrected chi connectivity index (χ1v) is 5.27. The third-order valence-electron chi connectivity index (χ3n) is 1.84. The number of carbonyl (C=O) groups is 1. The number of carbonyl (C=O) groups excluding carboxylic acids is 1. The van der Waals surface area contributed by atoms with E-state index in [1.165, 1.54) is 7.11 Å². The smallest absolute Gasteiger partial charge is 0.406 e. The average Bonchev–Trinajstić information content (AvgIpc) is 2.13. The Morgan fingerprint density at radius 2 is 2.00 bits per heavy atom. The lowest BCUT2D eigenvalue weighted by atomic mass is 9.95. The van der Waals surface area contributed by atoms with Gasteiger partial charge in [-0.25, -0.2) is 4.79 Å². The van der Waals surface area contributed by atoms with Crippen LogP contribution in [-0.2, 0) is 9.47 Å². The molecule has 0 aliphatic rings. The summed E-state index contributed by atoms with van der Waals surface area (Å²) >= 11 is 0. The lowest BCUT2D eigenvalue weighted by Crippen LogP contribution is -2.36. The van der Waals surface area contributed by atoms with E-state index in [0.717, 1.165) is 6.61 Å². The third-order valence-corrected chi connectivity index (χ3v) is 1.84. The molecule has 0 saturated carbocycles. The number of hydrogen-bond acceptors (Lipinski definition) is 3. The van der Waals surface area contributed by atoms with E-state index in [-0.39, 0.29) is 5.41 Å². The summed E-state index contributed by atoms with van der Waals surface area (Å²) in [5.41, 5.74) is -0.0664. The van der Waals surface area contributed by atoms with Crippen LogP contribution in [0, 0.1) is 11.3 Å². The Morgan fingerprint density at radius 3 is 2.47 bits per heavy atom. The highest BCUT2D eigenvalue weighted by atomic mass is 16.5. The van der Waals surface area contributed by atoms with Gasteiger partial charge >= 0.3 is 6.09 Å². The SMILES string of the molecule is COC(=O)NCC(C)(C)COCC(C)C. The maximum absolute atomic E-state index is 10.9. The fourth-order valence-electron chi connectivity index (χ4n) is 1.01. The average molecular weight is 217 g/mol. The van der Waals surface area contributed by atoms with E-state index >= 15 is 0 Å². The molecular formula is C11H23NO3. The molecule has 0 fully saturated rings. The Kier molecular flexibility index (Phi) is 6.32. The molecule has 0 aromatic rings. The number of alkyl carbamates (subject to hydrolysis) is 1. The number of rotatable bonds is 6. The first-order chi connectivity index (χ1) is 6.87. The van der Waals surface area contributed by atoms with Gasteiger partial charge in [0.15, 0.2) is 0 Å². The molecule has 0 aromatic heterocycles. The topological polar surface area (TPSA) is 47.6 Å². The Balaban J connectivity index is 3.71.